The Kier molecular flexibility index (Phi) is 5.54. The molecule has 0 N–H and O–H groups in total. The molecule has 0 aromatic heterocycles. The van der Waals surface area contributed by atoms with E-state index in [1.54, 1.807) is 12.1 Å². The predicted molar refractivity (Wildman–Crippen MR) is 93.2 cm³/mol. The molecule has 0 radical (unpaired) electrons. The number of ketones is 1. The molecule has 0 aliphatic heterocycles. The van der Waals surface area contributed by atoms with Gasteiger partial charge in [-0.3, -0.25) is 14.9 Å². The maximum atomic E-state index is 12.4. The van der Waals surface area contributed by atoms with Crippen LogP contribution in [0.25, 0.3) is 0 Å². The van der Waals surface area contributed by atoms with Crippen molar-refractivity contribution in [2.24, 2.45) is 0 Å². The van der Waals surface area contributed by atoms with Crippen molar-refractivity contribution in [3.8, 4) is 0 Å². The number of ether oxygens (including phenoxy) is 1. The van der Waals surface area contributed by atoms with Gasteiger partial charge in [0.05, 0.1) is 15.5 Å². The van der Waals surface area contributed by atoms with Gasteiger partial charge in [-0.1, -0.05) is 23.7 Å². The van der Waals surface area contributed by atoms with Crippen LogP contribution in [-0.4, -0.2) is 22.8 Å². The van der Waals surface area contributed by atoms with Crippen LogP contribution in [0, 0.1) is 24.0 Å². The Morgan fingerprint density at radius 1 is 1.12 bits per heavy atom. The van der Waals surface area contributed by atoms with Gasteiger partial charge in [0.2, 0.25) is 5.78 Å². The molecule has 1 unspecified atom stereocenters. The number of halogens is 1. The van der Waals surface area contributed by atoms with E-state index in [0.29, 0.717) is 5.56 Å². The molecule has 0 aliphatic carbocycles. The number of carbonyl (C=O) groups excluding carboxylic acids is 2. The van der Waals surface area contributed by atoms with Gasteiger partial charge < -0.3 is 4.74 Å². The zero-order valence-electron chi connectivity index (χ0n) is 13.9. The number of nitro groups is 1. The van der Waals surface area contributed by atoms with Gasteiger partial charge in [0.15, 0.2) is 6.10 Å². The van der Waals surface area contributed by atoms with Crippen LogP contribution in [0.4, 0.5) is 5.69 Å². The molecule has 130 valence electrons. The molecule has 0 saturated heterocycles. The molecule has 1 atom stereocenters. The lowest BCUT2D eigenvalue weighted by Gasteiger charge is -2.13. The van der Waals surface area contributed by atoms with E-state index in [9.17, 15) is 19.7 Å². The van der Waals surface area contributed by atoms with Crippen molar-refractivity contribution in [3.05, 3.63) is 73.8 Å². The summed E-state index contributed by atoms with van der Waals surface area (Å²) in [6.45, 7) is 5.25. The molecule has 0 spiro atoms. The van der Waals surface area contributed by atoms with E-state index < -0.39 is 17.0 Å². The van der Waals surface area contributed by atoms with Crippen LogP contribution in [0.3, 0.4) is 0 Å². The minimum Gasteiger partial charge on any atom is -0.451 e. The quantitative estimate of drug-likeness (QED) is 0.343. The zero-order chi connectivity index (χ0) is 18.7. The van der Waals surface area contributed by atoms with E-state index in [4.69, 9.17) is 16.3 Å². The van der Waals surface area contributed by atoms with Gasteiger partial charge in [-0.2, -0.15) is 0 Å². The van der Waals surface area contributed by atoms with Crippen LogP contribution in [0.5, 0.6) is 0 Å². The Hall–Kier alpha value is -2.73. The molecular weight excluding hydrogens is 346 g/mol. The SMILES string of the molecule is Cc1ccc(C(=O)C(C)OC(=O)c2cc([N+](=O)[O-])ccc2Cl)cc1C. The molecule has 0 aliphatic rings. The van der Waals surface area contributed by atoms with Gasteiger partial charge in [0.1, 0.15) is 0 Å². The summed E-state index contributed by atoms with van der Waals surface area (Å²) in [6.07, 6.45) is -1.05. The van der Waals surface area contributed by atoms with Crippen molar-refractivity contribution < 1.29 is 19.2 Å². The summed E-state index contributed by atoms with van der Waals surface area (Å²) in [5.41, 5.74) is 1.98. The molecule has 2 aromatic rings. The lowest BCUT2D eigenvalue weighted by molar-refractivity contribution is -0.384. The number of nitrogens with zero attached hydrogens (tertiary/aromatic N) is 1. The number of benzene rings is 2. The van der Waals surface area contributed by atoms with Crippen molar-refractivity contribution in [2.75, 3.05) is 0 Å². The first-order valence-electron chi connectivity index (χ1n) is 7.47. The highest BCUT2D eigenvalue weighted by Crippen LogP contribution is 2.23. The predicted octanol–water partition coefficient (Wildman–Crippen LogP) is 4.29. The maximum absolute atomic E-state index is 12.4. The van der Waals surface area contributed by atoms with E-state index in [2.05, 4.69) is 0 Å². The Balaban J connectivity index is 2.19. The average molecular weight is 362 g/mol. The number of hydrogen-bond donors (Lipinski definition) is 0. The highest BCUT2D eigenvalue weighted by atomic mass is 35.5. The molecule has 6 nitrogen and oxygen atoms in total. The molecule has 0 bridgehead atoms. The fourth-order valence-corrected chi connectivity index (χ4v) is 2.38. The molecule has 2 rings (SSSR count). The molecule has 0 saturated carbocycles. The smallest absolute Gasteiger partial charge is 0.340 e. The van der Waals surface area contributed by atoms with Crippen LogP contribution >= 0.6 is 11.6 Å². The first kappa shape index (κ1) is 18.6. The van der Waals surface area contributed by atoms with Gasteiger partial charge in [0, 0.05) is 17.7 Å². The largest absolute Gasteiger partial charge is 0.451 e. The third kappa shape index (κ3) is 4.22. The fraction of sp³-hybridized carbons (Fsp3) is 0.222. The second kappa shape index (κ2) is 7.44. The fourth-order valence-electron chi connectivity index (χ4n) is 2.19. The number of Topliss-reactive ketones (excluding diaryl/α,β-unsaturated/α-hetero) is 1. The van der Waals surface area contributed by atoms with Crippen molar-refractivity contribution in [2.45, 2.75) is 26.9 Å². The molecule has 0 fully saturated rings. The van der Waals surface area contributed by atoms with Crippen LogP contribution in [0.2, 0.25) is 5.02 Å². The van der Waals surface area contributed by atoms with Crippen molar-refractivity contribution in [3.63, 3.8) is 0 Å². The van der Waals surface area contributed by atoms with E-state index in [1.165, 1.54) is 19.1 Å². The zero-order valence-corrected chi connectivity index (χ0v) is 14.7. The van der Waals surface area contributed by atoms with Crippen molar-refractivity contribution in [1.82, 2.24) is 0 Å². The third-order valence-corrected chi connectivity index (χ3v) is 4.15. The molecule has 7 heteroatoms. The second-order valence-corrected chi connectivity index (χ2v) is 6.04. The Morgan fingerprint density at radius 3 is 2.40 bits per heavy atom. The normalized spacial score (nSPS) is 11.7. The van der Waals surface area contributed by atoms with Crippen LogP contribution in [-0.2, 0) is 4.74 Å². The second-order valence-electron chi connectivity index (χ2n) is 5.63. The summed E-state index contributed by atoms with van der Waals surface area (Å²) in [5, 5.41) is 10.8. The highest BCUT2D eigenvalue weighted by molar-refractivity contribution is 6.33. The number of aryl methyl sites for hydroxylation is 2. The van der Waals surface area contributed by atoms with E-state index in [1.807, 2.05) is 19.9 Å². The summed E-state index contributed by atoms with van der Waals surface area (Å²) in [4.78, 5) is 34.8. The standard InChI is InChI=1S/C18H16ClNO5/c1-10-4-5-13(8-11(10)2)17(21)12(3)25-18(22)15-9-14(20(23)24)6-7-16(15)19/h4-9,12H,1-3H3. The van der Waals surface area contributed by atoms with Gasteiger partial charge >= 0.3 is 5.97 Å². The summed E-state index contributed by atoms with van der Waals surface area (Å²) >= 11 is 5.91. The van der Waals surface area contributed by atoms with Crippen LogP contribution in [0.1, 0.15) is 38.8 Å². The Morgan fingerprint density at radius 2 is 1.80 bits per heavy atom. The van der Waals surface area contributed by atoms with Crippen LogP contribution < -0.4 is 0 Å². The average Bonchev–Trinajstić information content (AvgIpc) is 2.56. The Labute approximate surface area is 149 Å². The lowest BCUT2D eigenvalue weighted by Crippen LogP contribution is -2.24. The number of rotatable bonds is 5. The first-order valence-corrected chi connectivity index (χ1v) is 7.85. The Bertz CT molecular complexity index is 863. The molecule has 2 aromatic carbocycles. The number of nitro benzene ring substituents is 1. The molecule has 0 heterocycles. The van der Waals surface area contributed by atoms with E-state index in [-0.39, 0.29) is 22.1 Å². The van der Waals surface area contributed by atoms with Crippen LogP contribution in [0.15, 0.2) is 36.4 Å². The minimum absolute atomic E-state index is 0.0152. The van der Waals surface area contributed by atoms with E-state index >= 15 is 0 Å². The third-order valence-electron chi connectivity index (χ3n) is 3.83. The lowest BCUT2D eigenvalue weighted by atomic mass is 10.0. The monoisotopic (exact) mass is 361 g/mol. The number of hydrogen-bond acceptors (Lipinski definition) is 5. The van der Waals surface area contributed by atoms with Crippen molar-refractivity contribution >= 4 is 29.0 Å². The number of esters is 1. The molecular formula is C18H16ClNO5. The maximum Gasteiger partial charge on any atom is 0.340 e. The number of non-ortho nitro benzene ring substituents is 1. The first-order chi connectivity index (χ1) is 11.7. The summed E-state index contributed by atoms with van der Waals surface area (Å²) < 4.78 is 5.14. The van der Waals surface area contributed by atoms with Gasteiger partial charge in [-0.05, 0) is 44.0 Å². The van der Waals surface area contributed by atoms with Gasteiger partial charge in [-0.25, -0.2) is 4.79 Å². The summed E-state index contributed by atoms with van der Waals surface area (Å²) in [5.74, 6) is -1.25. The highest BCUT2D eigenvalue weighted by Gasteiger charge is 2.23. The minimum atomic E-state index is -1.05. The molecule has 0 amide bonds. The topological polar surface area (TPSA) is 86.5 Å². The van der Waals surface area contributed by atoms with Gasteiger partial charge in [0.25, 0.3) is 5.69 Å². The summed E-state index contributed by atoms with van der Waals surface area (Å²) in [7, 11) is 0. The van der Waals surface area contributed by atoms with Crippen molar-refractivity contribution in [1.29, 1.82) is 0 Å². The number of carbonyl (C=O) groups is 2. The van der Waals surface area contributed by atoms with E-state index in [0.717, 1.165) is 17.2 Å². The molecule has 25 heavy (non-hydrogen) atoms. The van der Waals surface area contributed by atoms with Gasteiger partial charge in [-0.15, -0.1) is 0 Å². The summed E-state index contributed by atoms with van der Waals surface area (Å²) in [6, 6.07) is 8.65.